The Bertz CT molecular complexity index is 1430. The van der Waals surface area contributed by atoms with Crippen molar-refractivity contribution in [2.24, 2.45) is 0 Å². The summed E-state index contributed by atoms with van der Waals surface area (Å²) in [5, 5.41) is 14.0. The molecule has 10 heteroatoms. The van der Waals surface area contributed by atoms with E-state index in [4.69, 9.17) is 9.47 Å². The lowest BCUT2D eigenvalue weighted by Gasteiger charge is -2.34. The number of hydrogen-bond acceptors (Lipinski definition) is 8. The second kappa shape index (κ2) is 10.6. The van der Waals surface area contributed by atoms with Gasteiger partial charge < -0.3 is 24.5 Å². The van der Waals surface area contributed by atoms with E-state index in [-0.39, 0.29) is 48.0 Å². The van der Waals surface area contributed by atoms with Crippen molar-refractivity contribution < 1.29 is 19.0 Å². The highest BCUT2D eigenvalue weighted by Crippen LogP contribution is 2.31. The Morgan fingerprint density at radius 3 is 2.69 bits per heavy atom. The summed E-state index contributed by atoms with van der Waals surface area (Å²) in [5.74, 6) is -0.313. The topological polar surface area (TPSA) is 102 Å². The quantitative estimate of drug-likeness (QED) is 0.494. The van der Waals surface area contributed by atoms with E-state index >= 15 is 4.39 Å². The zero-order valence-electron chi connectivity index (χ0n) is 22.7. The van der Waals surface area contributed by atoms with Crippen LogP contribution in [-0.2, 0) is 16.0 Å². The number of anilines is 1. The van der Waals surface area contributed by atoms with Crippen LogP contribution in [0.4, 0.5) is 10.3 Å². The molecule has 6 rings (SSSR count). The number of likely N-dealkylation sites (tertiary alicyclic amines) is 1. The van der Waals surface area contributed by atoms with Gasteiger partial charge in [0.2, 0.25) is 5.95 Å². The van der Waals surface area contributed by atoms with E-state index in [1.54, 1.807) is 12.1 Å². The number of morpholine rings is 1. The van der Waals surface area contributed by atoms with E-state index in [1.807, 2.05) is 13.0 Å². The molecule has 9 nitrogen and oxygen atoms in total. The zero-order valence-corrected chi connectivity index (χ0v) is 22.7. The Morgan fingerprint density at radius 1 is 1.21 bits per heavy atom. The van der Waals surface area contributed by atoms with Crippen LogP contribution in [0.5, 0.6) is 0 Å². The van der Waals surface area contributed by atoms with E-state index in [0.29, 0.717) is 30.5 Å². The number of fused-ring (bicyclic) bond motifs is 3. The van der Waals surface area contributed by atoms with Gasteiger partial charge in [-0.25, -0.2) is 14.4 Å². The van der Waals surface area contributed by atoms with Gasteiger partial charge in [-0.1, -0.05) is 6.07 Å². The molecule has 0 spiro atoms. The summed E-state index contributed by atoms with van der Waals surface area (Å²) in [6.07, 6.45) is 3.76. The van der Waals surface area contributed by atoms with Crippen molar-refractivity contribution in [3.8, 4) is 11.3 Å². The first-order chi connectivity index (χ1) is 18.8. The molecule has 3 aliphatic rings. The molecule has 3 aliphatic heterocycles. The molecule has 0 radical (unpaired) electrons. The van der Waals surface area contributed by atoms with Crippen molar-refractivity contribution in [3.63, 3.8) is 0 Å². The van der Waals surface area contributed by atoms with Crippen LogP contribution < -0.4 is 10.7 Å². The first-order valence-corrected chi connectivity index (χ1v) is 13.9. The summed E-state index contributed by atoms with van der Waals surface area (Å²) in [6.45, 7) is 9.27. The average molecular weight is 538 g/mol. The first kappa shape index (κ1) is 26.3. The third-order valence-corrected chi connectivity index (χ3v) is 8.23. The Hall–Kier alpha value is -2.92. The molecule has 4 atom stereocenters. The predicted molar refractivity (Wildman–Crippen MR) is 146 cm³/mol. The van der Waals surface area contributed by atoms with Gasteiger partial charge in [0.1, 0.15) is 5.69 Å². The third kappa shape index (κ3) is 5.06. The fourth-order valence-electron chi connectivity index (χ4n) is 6.25. The minimum absolute atomic E-state index is 0.00120. The van der Waals surface area contributed by atoms with Crippen molar-refractivity contribution in [1.82, 2.24) is 19.4 Å². The minimum atomic E-state index is -0.694. The van der Waals surface area contributed by atoms with Gasteiger partial charge in [0, 0.05) is 54.5 Å². The van der Waals surface area contributed by atoms with Gasteiger partial charge in [-0.05, 0) is 52.2 Å². The number of aromatic nitrogens is 3. The molecule has 2 unspecified atom stereocenters. The maximum Gasteiger partial charge on any atom is 0.223 e. The summed E-state index contributed by atoms with van der Waals surface area (Å²) < 4.78 is 28.6. The van der Waals surface area contributed by atoms with E-state index in [2.05, 4.69) is 38.6 Å². The van der Waals surface area contributed by atoms with Crippen molar-refractivity contribution in [1.29, 1.82) is 0 Å². The monoisotopic (exact) mass is 537 g/mol. The van der Waals surface area contributed by atoms with E-state index in [9.17, 15) is 9.90 Å². The van der Waals surface area contributed by atoms with Gasteiger partial charge in [-0.15, -0.1) is 0 Å². The molecule has 1 aromatic carbocycles. The number of halogens is 1. The number of ether oxygens (including phenoxy) is 2. The van der Waals surface area contributed by atoms with Crippen molar-refractivity contribution in [2.45, 2.75) is 77.0 Å². The maximum absolute atomic E-state index is 15.1. The number of hydrogen-bond donors (Lipinski definition) is 2. The number of pyridine rings is 1. The smallest absolute Gasteiger partial charge is 0.223 e. The zero-order chi connectivity index (χ0) is 27.3. The second-order valence-corrected chi connectivity index (χ2v) is 11.3. The molecule has 208 valence electrons. The van der Waals surface area contributed by atoms with Crippen molar-refractivity contribution >= 4 is 16.9 Å². The van der Waals surface area contributed by atoms with Crippen LogP contribution in [0.2, 0.25) is 0 Å². The van der Waals surface area contributed by atoms with E-state index in [1.165, 1.54) is 0 Å². The highest BCUT2D eigenvalue weighted by atomic mass is 19.1. The largest absolute Gasteiger partial charge is 0.389 e. The van der Waals surface area contributed by atoms with Crippen LogP contribution in [0.15, 0.2) is 29.2 Å². The standard InChI is InChI=1S/C29H36FN5O4/c1-16(2)35-24-10-18(27-22(30)11-31-29(33-27)32-23-8-9-38-15-26(23)36)4-7-21(24)28(37)17(3)25(35)14-34-12-19-5-6-20(13-34)39-19/h4,7,10-11,16,19-20,23,26,36H,5-6,8-9,12-15H2,1-3H3,(H,31,32,33)/t19?,20?,23-,26-/m1/s1. The van der Waals surface area contributed by atoms with Crippen LogP contribution in [-0.4, -0.2) is 75.2 Å². The Kier molecular flexibility index (Phi) is 7.13. The molecule has 5 heterocycles. The Labute approximate surface area is 227 Å². The van der Waals surface area contributed by atoms with E-state index < -0.39 is 11.9 Å². The molecule has 39 heavy (non-hydrogen) atoms. The maximum atomic E-state index is 15.1. The molecule has 2 aromatic heterocycles. The molecule has 3 aromatic rings. The minimum Gasteiger partial charge on any atom is -0.389 e. The third-order valence-electron chi connectivity index (χ3n) is 8.23. The summed E-state index contributed by atoms with van der Waals surface area (Å²) >= 11 is 0. The molecule has 3 fully saturated rings. The summed E-state index contributed by atoms with van der Waals surface area (Å²) in [4.78, 5) is 24.5. The average Bonchev–Trinajstić information content (AvgIpc) is 3.26. The number of nitrogens with one attached hydrogen (secondary N) is 1. The molecular weight excluding hydrogens is 501 g/mol. The molecule has 0 amide bonds. The van der Waals surface area contributed by atoms with Gasteiger partial charge in [0.15, 0.2) is 11.2 Å². The van der Waals surface area contributed by atoms with Crippen molar-refractivity contribution in [3.05, 3.63) is 51.7 Å². The van der Waals surface area contributed by atoms with Gasteiger partial charge in [0.25, 0.3) is 0 Å². The first-order valence-electron chi connectivity index (χ1n) is 13.9. The fourth-order valence-corrected chi connectivity index (χ4v) is 6.25. The fraction of sp³-hybridized carbons (Fsp3) is 0.552. The predicted octanol–water partition coefficient (Wildman–Crippen LogP) is 3.41. The molecule has 2 N–H and O–H groups in total. The molecule has 3 saturated heterocycles. The van der Waals surface area contributed by atoms with Gasteiger partial charge in [0.05, 0.1) is 42.7 Å². The lowest BCUT2D eigenvalue weighted by molar-refractivity contribution is -0.0417. The van der Waals surface area contributed by atoms with Gasteiger partial charge >= 0.3 is 0 Å². The number of benzene rings is 1. The normalized spacial score (nSPS) is 25.5. The van der Waals surface area contributed by atoms with Gasteiger partial charge in [-0.3, -0.25) is 9.69 Å². The van der Waals surface area contributed by atoms with Crippen LogP contribution in [0, 0.1) is 12.7 Å². The molecule has 2 bridgehead atoms. The second-order valence-electron chi connectivity index (χ2n) is 11.3. The molecule has 0 saturated carbocycles. The van der Waals surface area contributed by atoms with Crippen LogP contribution in [0.25, 0.3) is 22.2 Å². The molecular formula is C29H36FN5O4. The summed E-state index contributed by atoms with van der Waals surface area (Å²) in [7, 11) is 0. The number of aliphatic hydroxyl groups excluding tert-OH is 1. The SMILES string of the molecule is Cc1c(CN2CC3CCC(C2)O3)n(C(C)C)c2cc(-c3nc(N[C@@H]4CCOC[C@H]4O)ncc3F)ccc2c1=O. The highest BCUT2D eigenvalue weighted by Gasteiger charge is 2.34. The lowest BCUT2D eigenvalue weighted by Crippen LogP contribution is -2.43. The van der Waals surface area contributed by atoms with Crippen molar-refractivity contribution in [2.75, 3.05) is 31.6 Å². The number of nitrogens with zero attached hydrogens (tertiary/aromatic N) is 4. The number of rotatable bonds is 6. The summed E-state index contributed by atoms with van der Waals surface area (Å²) in [6, 6.07) is 5.18. The van der Waals surface area contributed by atoms with Crippen LogP contribution in [0.3, 0.4) is 0 Å². The summed E-state index contributed by atoms with van der Waals surface area (Å²) in [5.41, 5.74) is 3.20. The Morgan fingerprint density at radius 2 is 1.97 bits per heavy atom. The Balaban J connectivity index is 1.40. The van der Waals surface area contributed by atoms with Crippen LogP contribution in [0.1, 0.15) is 50.4 Å². The molecule has 0 aliphatic carbocycles. The van der Waals surface area contributed by atoms with Gasteiger partial charge in [-0.2, -0.15) is 0 Å². The van der Waals surface area contributed by atoms with E-state index in [0.717, 1.165) is 48.9 Å². The highest BCUT2D eigenvalue weighted by molar-refractivity contribution is 5.85. The number of aliphatic hydroxyl groups is 1. The van der Waals surface area contributed by atoms with Crippen LogP contribution >= 0.6 is 0 Å². The lowest BCUT2D eigenvalue weighted by atomic mass is 10.0.